The van der Waals surface area contributed by atoms with Crippen LogP contribution in [0.15, 0.2) is 42.6 Å². The normalized spacial score (nSPS) is 16.4. The third-order valence-electron chi connectivity index (χ3n) is 3.54. The van der Waals surface area contributed by atoms with E-state index in [2.05, 4.69) is 45.6 Å². The van der Waals surface area contributed by atoms with Gasteiger partial charge in [0.2, 0.25) is 0 Å². The molecule has 0 saturated carbocycles. The fraction of sp³-hybridized carbons (Fsp3) is 0.400. The van der Waals surface area contributed by atoms with Crippen LogP contribution in [0.5, 0.6) is 0 Å². The standard InChI is InChI=1S/C15H20N4.ClH/c1-2-5-14(6-3-1)19-15(7-9-17-19)13-18-11-4-8-16-10-12-18;/h1-3,5-7,9,16H,4,8,10-13H2;1H. The fourth-order valence-corrected chi connectivity index (χ4v) is 2.54. The minimum atomic E-state index is 0. The van der Waals surface area contributed by atoms with Gasteiger partial charge in [-0.3, -0.25) is 4.90 Å². The summed E-state index contributed by atoms with van der Waals surface area (Å²) >= 11 is 0. The average Bonchev–Trinajstić information content (AvgIpc) is 2.75. The van der Waals surface area contributed by atoms with E-state index in [1.54, 1.807) is 0 Å². The highest BCUT2D eigenvalue weighted by atomic mass is 35.5. The van der Waals surface area contributed by atoms with Crippen LogP contribution in [0, 0.1) is 0 Å². The second-order valence-electron chi connectivity index (χ2n) is 4.95. The highest BCUT2D eigenvalue weighted by Gasteiger charge is 2.12. The maximum Gasteiger partial charge on any atom is 0.0649 e. The third kappa shape index (κ3) is 3.60. The van der Waals surface area contributed by atoms with Crippen LogP contribution in [0.3, 0.4) is 0 Å². The molecule has 3 rings (SSSR count). The molecular formula is C15H21ClN4. The zero-order chi connectivity index (χ0) is 12.9. The zero-order valence-corrected chi connectivity index (χ0v) is 12.4. The minimum absolute atomic E-state index is 0. The van der Waals surface area contributed by atoms with Gasteiger partial charge in [-0.05, 0) is 37.7 Å². The lowest BCUT2D eigenvalue weighted by molar-refractivity contribution is 0.278. The predicted molar refractivity (Wildman–Crippen MR) is 83.6 cm³/mol. The van der Waals surface area contributed by atoms with Crippen LogP contribution >= 0.6 is 12.4 Å². The molecule has 1 N–H and O–H groups in total. The molecule has 20 heavy (non-hydrogen) atoms. The molecule has 4 nitrogen and oxygen atoms in total. The van der Waals surface area contributed by atoms with Crippen LogP contribution in [0.4, 0.5) is 0 Å². The fourth-order valence-electron chi connectivity index (χ4n) is 2.54. The Kier molecular flexibility index (Phi) is 5.59. The molecule has 108 valence electrons. The van der Waals surface area contributed by atoms with Crippen molar-refractivity contribution in [2.45, 2.75) is 13.0 Å². The molecule has 0 amide bonds. The summed E-state index contributed by atoms with van der Waals surface area (Å²) in [5, 5.41) is 7.89. The zero-order valence-electron chi connectivity index (χ0n) is 11.5. The van der Waals surface area contributed by atoms with Crippen molar-refractivity contribution in [3.8, 4) is 5.69 Å². The van der Waals surface area contributed by atoms with Gasteiger partial charge in [-0.25, -0.2) is 4.68 Å². The lowest BCUT2D eigenvalue weighted by Gasteiger charge is -2.19. The summed E-state index contributed by atoms with van der Waals surface area (Å²) in [6.07, 6.45) is 3.11. The van der Waals surface area contributed by atoms with Crippen LogP contribution in [0.1, 0.15) is 12.1 Å². The molecule has 0 atom stereocenters. The number of aromatic nitrogens is 2. The summed E-state index contributed by atoms with van der Waals surface area (Å²) in [6, 6.07) is 12.5. The Hall–Kier alpha value is -1.36. The van der Waals surface area contributed by atoms with Gasteiger partial charge in [-0.15, -0.1) is 12.4 Å². The minimum Gasteiger partial charge on any atom is -0.315 e. The van der Waals surface area contributed by atoms with Crippen LogP contribution in [-0.2, 0) is 6.54 Å². The second kappa shape index (κ2) is 7.43. The number of nitrogens with zero attached hydrogens (tertiary/aromatic N) is 3. The van der Waals surface area contributed by atoms with Crippen LogP contribution in [-0.4, -0.2) is 40.9 Å². The molecule has 1 aromatic heterocycles. The Morgan fingerprint density at radius 1 is 1.05 bits per heavy atom. The van der Waals surface area contributed by atoms with Crippen LogP contribution in [0.2, 0.25) is 0 Å². The molecule has 1 fully saturated rings. The quantitative estimate of drug-likeness (QED) is 0.940. The SMILES string of the molecule is Cl.c1ccc(-n2nccc2CN2CCCNCC2)cc1. The van der Waals surface area contributed by atoms with Gasteiger partial charge in [0.05, 0.1) is 11.4 Å². The Bertz CT molecular complexity index is 504. The second-order valence-corrected chi connectivity index (χ2v) is 4.95. The van der Waals surface area contributed by atoms with Crippen molar-refractivity contribution in [2.24, 2.45) is 0 Å². The van der Waals surface area contributed by atoms with E-state index in [9.17, 15) is 0 Å². The van der Waals surface area contributed by atoms with Crippen molar-refractivity contribution in [1.29, 1.82) is 0 Å². The molecule has 0 unspecified atom stereocenters. The Morgan fingerprint density at radius 3 is 2.75 bits per heavy atom. The van der Waals surface area contributed by atoms with Crippen molar-refractivity contribution in [3.05, 3.63) is 48.3 Å². The monoisotopic (exact) mass is 292 g/mol. The summed E-state index contributed by atoms with van der Waals surface area (Å²) in [7, 11) is 0. The average molecular weight is 293 g/mol. The summed E-state index contributed by atoms with van der Waals surface area (Å²) in [5.41, 5.74) is 2.39. The molecule has 0 bridgehead atoms. The van der Waals surface area contributed by atoms with E-state index in [0.717, 1.165) is 38.4 Å². The lowest BCUT2D eigenvalue weighted by Crippen LogP contribution is -2.28. The first-order valence-electron chi connectivity index (χ1n) is 6.95. The van der Waals surface area contributed by atoms with Crippen molar-refractivity contribution in [1.82, 2.24) is 20.0 Å². The predicted octanol–water partition coefficient (Wildman–Crippen LogP) is 2.09. The number of rotatable bonds is 3. The number of halogens is 1. The maximum atomic E-state index is 4.45. The summed E-state index contributed by atoms with van der Waals surface area (Å²) in [6.45, 7) is 5.46. The number of nitrogens with one attached hydrogen (secondary N) is 1. The first kappa shape index (κ1) is 15.0. The van der Waals surface area contributed by atoms with E-state index < -0.39 is 0 Å². The molecule has 1 saturated heterocycles. The smallest absolute Gasteiger partial charge is 0.0649 e. The number of para-hydroxylation sites is 1. The van der Waals surface area contributed by atoms with Gasteiger partial charge in [0.25, 0.3) is 0 Å². The van der Waals surface area contributed by atoms with Gasteiger partial charge in [0, 0.05) is 25.8 Å². The van der Waals surface area contributed by atoms with E-state index in [1.165, 1.54) is 12.1 Å². The van der Waals surface area contributed by atoms with Crippen molar-refractivity contribution < 1.29 is 0 Å². The first-order valence-corrected chi connectivity index (χ1v) is 6.95. The highest BCUT2D eigenvalue weighted by molar-refractivity contribution is 5.85. The van der Waals surface area contributed by atoms with Crippen LogP contribution in [0.25, 0.3) is 5.69 Å². The van der Waals surface area contributed by atoms with E-state index >= 15 is 0 Å². The molecule has 5 heteroatoms. The van der Waals surface area contributed by atoms with E-state index in [1.807, 2.05) is 16.9 Å². The number of hydrogen-bond acceptors (Lipinski definition) is 3. The molecule has 1 aliphatic rings. The summed E-state index contributed by atoms with van der Waals surface area (Å²) < 4.78 is 2.04. The van der Waals surface area contributed by atoms with Crippen molar-refractivity contribution in [3.63, 3.8) is 0 Å². The molecule has 0 spiro atoms. The molecule has 1 aromatic carbocycles. The summed E-state index contributed by atoms with van der Waals surface area (Å²) in [5.74, 6) is 0. The Labute approximate surface area is 126 Å². The van der Waals surface area contributed by atoms with Crippen LogP contribution < -0.4 is 5.32 Å². The van der Waals surface area contributed by atoms with Gasteiger partial charge >= 0.3 is 0 Å². The van der Waals surface area contributed by atoms with Gasteiger partial charge in [0.1, 0.15) is 0 Å². The molecular weight excluding hydrogens is 272 g/mol. The van der Waals surface area contributed by atoms with E-state index in [4.69, 9.17) is 0 Å². The highest BCUT2D eigenvalue weighted by Crippen LogP contribution is 2.12. The molecule has 2 aromatic rings. The largest absolute Gasteiger partial charge is 0.315 e. The number of benzene rings is 1. The van der Waals surface area contributed by atoms with Gasteiger partial charge < -0.3 is 5.32 Å². The van der Waals surface area contributed by atoms with Crippen molar-refractivity contribution >= 4 is 12.4 Å². The van der Waals surface area contributed by atoms with Gasteiger partial charge in [0.15, 0.2) is 0 Å². The first-order chi connectivity index (χ1) is 9.43. The third-order valence-corrected chi connectivity index (χ3v) is 3.54. The Balaban J connectivity index is 0.00000147. The maximum absolute atomic E-state index is 4.45. The van der Waals surface area contributed by atoms with Gasteiger partial charge in [-0.1, -0.05) is 18.2 Å². The van der Waals surface area contributed by atoms with E-state index in [0.29, 0.717) is 0 Å². The molecule has 2 heterocycles. The van der Waals surface area contributed by atoms with E-state index in [-0.39, 0.29) is 12.4 Å². The van der Waals surface area contributed by atoms with Gasteiger partial charge in [-0.2, -0.15) is 5.10 Å². The molecule has 1 aliphatic heterocycles. The molecule has 0 radical (unpaired) electrons. The molecule has 0 aliphatic carbocycles. The lowest BCUT2D eigenvalue weighted by atomic mass is 10.3. The Morgan fingerprint density at radius 2 is 1.90 bits per heavy atom. The summed E-state index contributed by atoms with van der Waals surface area (Å²) in [4.78, 5) is 2.50. The topological polar surface area (TPSA) is 33.1 Å². The number of hydrogen-bond donors (Lipinski definition) is 1. The van der Waals surface area contributed by atoms with Crippen molar-refractivity contribution in [2.75, 3.05) is 26.2 Å².